The first-order valence-electron chi connectivity index (χ1n) is 8.01. The van der Waals surface area contributed by atoms with Gasteiger partial charge in [-0.05, 0) is 45.6 Å². The summed E-state index contributed by atoms with van der Waals surface area (Å²) in [6.07, 6.45) is 1.54. The summed E-state index contributed by atoms with van der Waals surface area (Å²) in [6, 6.07) is 14.9. The van der Waals surface area contributed by atoms with Crippen LogP contribution in [0, 0.1) is 0 Å². The predicted octanol–water partition coefficient (Wildman–Crippen LogP) is 4.21. The smallest absolute Gasteiger partial charge is 0.237 e. The number of hydrogen-bond donors (Lipinski definition) is 2. The Bertz CT molecular complexity index is 682. The molecular weight excluding hydrogens is 404 g/mol. The molecule has 0 fully saturated rings. The van der Waals surface area contributed by atoms with Crippen molar-refractivity contribution in [1.29, 1.82) is 0 Å². The van der Waals surface area contributed by atoms with Crippen LogP contribution in [0.15, 0.2) is 53.0 Å². The molecule has 3 N–H and O–H groups in total. The summed E-state index contributed by atoms with van der Waals surface area (Å²) in [6.45, 7) is 2.02. The fourth-order valence-corrected chi connectivity index (χ4v) is 3.12. The van der Waals surface area contributed by atoms with Gasteiger partial charge in [-0.3, -0.25) is 4.79 Å². The molecule has 1 amide bonds. The number of carbonyl (C=O) groups excluding carboxylic acids is 1. The van der Waals surface area contributed by atoms with Crippen LogP contribution >= 0.6 is 28.3 Å². The number of halogens is 2. The minimum atomic E-state index is -0.497. The number of carbonyl (C=O) groups is 1. The van der Waals surface area contributed by atoms with Crippen LogP contribution in [-0.2, 0) is 4.79 Å². The Morgan fingerprint density at radius 3 is 2.44 bits per heavy atom. The van der Waals surface area contributed by atoms with E-state index in [4.69, 9.17) is 10.5 Å². The SMILES string of the molecule is CCCC(N)C(=O)NC(c1ccccc1)c1ccc(OC)c(Br)c1.Cl. The van der Waals surface area contributed by atoms with E-state index < -0.39 is 6.04 Å². The highest BCUT2D eigenvalue weighted by Gasteiger charge is 2.21. The van der Waals surface area contributed by atoms with Crippen molar-refractivity contribution < 1.29 is 9.53 Å². The zero-order chi connectivity index (χ0) is 17.5. The molecule has 0 spiro atoms. The quantitative estimate of drug-likeness (QED) is 0.695. The molecule has 4 nitrogen and oxygen atoms in total. The average Bonchev–Trinajstić information content (AvgIpc) is 2.60. The minimum absolute atomic E-state index is 0. The molecular formula is C19H24BrClN2O2. The van der Waals surface area contributed by atoms with E-state index in [9.17, 15) is 4.79 Å². The molecule has 2 aromatic carbocycles. The zero-order valence-corrected chi connectivity index (χ0v) is 16.8. The summed E-state index contributed by atoms with van der Waals surface area (Å²) in [5, 5.41) is 3.07. The van der Waals surface area contributed by atoms with Gasteiger partial charge in [-0.25, -0.2) is 0 Å². The summed E-state index contributed by atoms with van der Waals surface area (Å²) in [7, 11) is 1.62. The molecule has 2 unspecified atom stereocenters. The van der Waals surface area contributed by atoms with E-state index in [1.54, 1.807) is 7.11 Å². The Balaban J connectivity index is 0.00000312. The van der Waals surface area contributed by atoms with Crippen LogP contribution in [-0.4, -0.2) is 19.1 Å². The Kier molecular flexibility index (Phi) is 8.97. The lowest BCUT2D eigenvalue weighted by Crippen LogP contribution is -2.42. The zero-order valence-electron chi connectivity index (χ0n) is 14.4. The Labute approximate surface area is 163 Å². The highest BCUT2D eigenvalue weighted by atomic mass is 79.9. The number of rotatable bonds is 7. The average molecular weight is 428 g/mol. The van der Waals surface area contributed by atoms with E-state index in [1.807, 2.05) is 55.5 Å². The van der Waals surface area contributed by atoms with E-state index >= 15 is 0 Å². The first-order valence-corrected chi connectivity index (χ1v) is 8.80. The lowest BCUT2D eigenvalue weighted by atomic mass is 9.98. The maximum Gasteiger partial charge on any atom is 0.237 e. The fourth-order valence-electron chi connectivity index (χ4n) is 2.56. The van der Waals surface area contributed by atoms with Gasteiger partial charge in [-0.2, -0.15) is 0 Å². The molecule has 25 heavy (non-hydrogen) atoms. The summed E-state index contributed by atoms with van der Waals surface area (Å²) in [5.74, 6) is 0.609. The van der Waals surface area contributed by atoms with Gasteiger partial charge in [0.05, 0.1) is 23.7 Å². The topological polar surface area (TPSA) is 64.4 Å². The molecule has 0 heterocycles. The number of methoxy groups -OCH3 is 1. The van der Waals surface area contributed by atoms with Crippen LogP contribution in [0.4, 0.5) is 0 Å². The van der Waals surface area contributed by atoms with E-state index in [1.165, 1.54) is 0 Å². The van der Waals surface area contributed by atoms with Crippen molar-refractivity contribution >= 4 is 34.2 Å². The van der Waals surface area contributed by atoms with Crippen molar-refractivity contribution in [2.75, 3.05) is 7.11 Å². The van der Waals surface area contributed by atoms with E-state index in [0.29, 0.717) is 6.42 Å². The van der Waals surface area contributed by atoms with Gasteiger partial charge in [-0.1, -0.05) is 49.7 Å². The van der Waals surface area contributed by atoms with Crippen LogP contribution < -0.4 is 15.8 Å². The molecule has 136 valence electrons. The lowest BCUT2D eigenvalue weighted by molar-refractivity contribution is -0.123. The van der Waals surface area contributed by atoms with Crippen LogP contribution in [0.5, 0.6) is 5.75 Å². The summed E-state index contributed by atoms with van der Waals surface area (Å²) in [5.41, 5.74) is 7.94. The fraction of sp³-hybridized carbons (Fsp3) is 0.316. The number of ether oxygens (including phenoxy) is 1. The number of benzene rings is 2. The van der Waals surface area contributed by atoms with Crippen molar-refractivity contribution in [3.8, 4) is 5.75 Å². The Morgan fingerprint density at radius 2 is 1.88 bits per heavy atom. The van der Waals surface area contributed by atoms with Crippen molar-refractivity contribution in [2.45, 2.75) is 31.8 Å². The van der Waals surface area contributed by atoms with Gasteiger partial charge >= 0.3 is 0 Å². The molecule has 0 saturated carbocycles. The summed E-state index contributed by atoms with van der Waals surface area (Å²) in [4.78, 5) is 12.4. The maximum absolute atomic E-state index is 12.4. The second-order valence-corrected chi connectivity index (χ2v) is 6.50. The van der Waals surface area contributed by atoms with Crippen molar-refractivity contribution in [1.82, 2.24) is 5.32 Å². The number of amides is 1. The highest BCUT2D eigenvalue weighted by Crippen LogP contribution is 2.30. The molecule has 2 atom stereocenters. The second kappa shape index (κ2) is 10.4. The van der Waals surface area contributed by atoms with Crippen LogP contribution in [0.2, 0.25) is 0 Å². The van der Waals surface area contributed by atoms with Crippen molar-refractivity contribution in [3.05, 3.63) is 64.1 Å². The number of nitrogens with one attached hydrogen (secondary N) is 1. The lowest BCUT2D eigenvalue weighted by Gasteiger charge is -2.22. The van der Waals surface area contributed by atoms with Crippen molar-refractivity contribution in [3.63, 3.8) is 0 Å². The molecule has 0 saturated heterocycles. The first-order chi connectivity index (χ1) is 11.6. The van der Waals surface area contributed by atoms with Crippen LogP contribution in [0.1, 0.15) is 36.9 Å². The number of nitrogens with two attached hydrogens (primary N) is 1. The third-order valence-electron chi connectivity index (χ3n) is 3.87. The Morgan fingerprint density at radius 1 is 1.20 bits per heavy atom. The molecule has 0 aromatic heterocycles. The van der Waals surface area contributed by atoms with Gasteiger partial charge in [0.2, 0.25) is 5.91 Å². The van der Waals surface area contributed by atoms with Crippen LogP contribution in [0.25, 0.3) is 0 Å². The van der Waals surface area contributed by atoms with E-state index in [-0.39, 0.29) is 24.4 Å². The third-order valence-corrected chi connectivity index (χ3v) is 4.48. The largest absolute Gasteiger partial charge is 0.496 e. The summed E-state index contributed by atoms with van der Waals surface area (Å²) < 4.78 is 6.13. The van der Waals surface area contributed by atoms with Gasteiger partial charge < -0.3 is 15.8 Å². The third kappa shape index (κ3) is 5.73. The number of hydrogen-bond acceptors (Lipinski definition) is 3. The van der Waals surface area contributed by atoms with Crippen molar-refractivity contribution in [2.24, 2.45) is 5.73 Å². The first kappa shape index (κ1) is 21.5. The van der Waals surface area contributed by atoms with Gasteiger partial charge in [0.25, 0.3) is 0 Å². The van der Waals surface area contributed by atoms with E-state index in [2.05, 4.69) is 21.2 Å². The van der Waals surface area contributed by atoms with Crippen LogP contribution in [0.3, 0.4) is 0 Å². The molecule has 0 aliphatic rings. The normalized spacial score (nSPS) is 12.6. The summed E-state index contributed by atoms with van der Waals surface area (Å²) >= 11 is 3.51. The molecule has 2 rings (SSSR count). The second-order valence-electron chi connectivity index (χ2n) is 5.64. The van der Waals surface area contributed by atoms with E-state index in [0.717, 1.165) is 27.8 Å². The van der Waals surface area contributed by atoms with Gasteiger partial charge in [-0.15, -0.1) is 12.4 Å². The standard InChI is InChI=1S/C19H23BrN2O2.ClH/c1-3-7-16(21)19(23)22-18(13-8-5-4-6-9-13)14-10-11-17(24-2)15(20)12-14;/h4-6,8-12,16,18H,3,7,21H2,1-2H3,(H,22,23);1H. The van der Waals surface area contributed by atoms with Gasteiger partial charge in [0, 0.05) is 0 Å². The monoisotopic (exact) mass is 426 g/mol. The molecule has 2 aromatic rings. The predicted molar refractivity (Wildman–Crippen MR) is 107 cm³/mol. The minimum Gasteiger partial charge on any atom is -0.496 e. The molecule has 0 aliphatic carbocycles. The van der Waals surface area contributed by atoms with Gasteiger partial charge in [0.1, 0.15) is 5.75 Å². The molecule has 0 radical (unpaired) electrons. The maximum atomic E-state index is 12.4. The molecule has 0 bridgehead atoms. The van der Waals surface area contributed by atoms with Gasteiger partial charge in [0.15, 0.2) is 0 Å². The molecule has 0 aliphatic heterocycles. The Hall–Kier alpha value is -1.56. The molecule has 6 heteroatoms. The highest BCUT2D eigenvalue weighted by molar-refractivity contribution is 9.10.